The van der Waals surface area contributed by atoms with E-state index in [2.05, 4.69) is 27.2 Å². The van der Waals surface area contributed by atoms with Gasteiger partial charge in [-0.05, 0) is 31.4 Å². The smallest absolute Gasteiger partial charge is 0.251 e. The molecule has 24 heavy (non-hydrogen) atoms. The van der Waals surface area contributed by atoms with Gasteiger partial charge in [0.1, 0.15) is 0 Å². The Morgan fingerprint density at radius 2 is 1.88 bits per heavy atom. The second kappa shape index (κ2) is 13.9. The molecule has 0 radical (unpaired) electrons. The maximum atomic E-state index is 12.0. The minimum atomic E-state index is -0.185. The van der Waals surface area contributed by atoms with Gasteiger partial charge in [0.2, 0.25) is 0 Å². The van der Waals surface area contributed by atoms with Crippen LogP contribution in [0.5, 0.6) is 0 Å². The van der Waals surface area contributed by atoms with Gasteiger partial charge in [-0.1, -0.05) is 23.2 Å². The highest BCUT2D eigenvalue weighted by Gasteiger charge is 2.07. The molecule has 0 fully saturated rings. The summed E-state index contributed by atoms with van der Waals surface area (Å²) in [5.41, 5.74) is 0.486. The highest BCUT2D eigenvalue weighted by atomic mass is 127. The Morgan fingerprint density at radius 3 is 2.50 bits per heavy atom. The lowest BCUT2D eigenvalue weighted by molar-refractivity contribution is 0.0954. The Morgan fingerprint density at radius 1 is 1.17 bits per heavy atom. The molecule has 3 N–H and O–H groups in total. The monoisotopic (exact) mass is 504 g/mol. The molecular weight excluding hydrogens is 482 g/mol. The fourth-order valence-corrected chi connectivity index (χ4v) is 2.26. The van der Waals surface area contributed by atoms with Crippen molar-refractivity contribution in [2.24, 2.45) is 4.99 Å². The van der Waals surface area contributed by atoms with Crippen LogP contribution in [0, 0.1) is 0 Å². The normalized spacial score (nSPS) is 10.8. The van der Waals surface area contributed by atoms with Gasteiger partial charge in [-0.3, -0.25) is 9.79 Å². The summed E-state index contributed by atoms with van der Waals surface area (Å²) in [6.45, 7) is 4.62. The van der Waals surface area contributed by atoms with E-state index >= 15 is 0 Å². The number of hydrogen-bond donors (Lipinski definition) is 3. The van der Waals surface area contributed by atoms with Crippen molar-refractivity contribution in [2.75, 3.05) is 38.2 Å². The third-order valence-electron chi connectivity index (χ3n) is 2.79. The summed E-state index contributed by atoms with van der Waals surface area (Å²) in [6, 6.07) is 4.81. The number of thioether (sulfide) groups is 1. The number of benzene rings is 1. The van der Waals surface area contributed by atoms with Gasteiger partial charge in [-0.25, -0.2) is 0 Å². The first kappa shape index (κ1) is 23.6. The van der Waals surface area contributed by atoms with Crippen LogP contribution in [0.1, 0.15) is 17.3 Å². The highest BCUT2D eigenvalue weighted by Crippen LogP contribution is 2.22. The molecule has 1 aromatic rings. The van der Waals surface area contributed by atoms with Crippen LogP contribution < -0.4 is 16.0 Å². The Labute approximate surface area is 174 Å². The first-order valence-corrected chi connectivity index (χ1v) is 9.47. The minimum absolute atomic E-state index is 0. The summed E-state index contributed by atoms with van der Waals surface area (Å²) in [5.74, 6) is 1.55. The van der Waals surface area contributed by atoms with E-state index in [1.165, 1.54) is 0 Å². The molecule has 1 amide bonds. The van der Waals surface area contributed by atoms with E-state index in [4.69, 9.17) is 23.2 Å². The van der Waals surface area contributed by atoms with Crippen LogP contribution in [0.15, 0.2) is 23.2 Å². The lowest BCUT2D eigenvalue weighted by Gasteiger charge is -2.12. The number of carbonyl (C=O) groups excluding carboxylic acids is 1. The quantitative estimate of drug-likeness (QED) is 0.220. The molecule has 9 heteroatoms. The summed E-state index contributed by atoms with van der Waals surface area (Å²) in [7, 11) is 0. The molecule has 0 aliphatic heterocycles. The summed E-state index contributed by atoms with van der Waals surface area (Å²) in [4.78, 5) is 16.4. The molecule has 0 unspecified atom stereocenters. The third-order valence-corrected chi connectivity index (χ3v) is 4.12. The van der Waals surface area contributed by atoms with Crippen LogP contribution >= 0.6 is 58.9 Å². The van der Waals surface area contributed by atoms with Gasteiger partial charge in [-0.2, -0.15) is 11.8 Å². The molecule has 1 rings (SSSR count). The summed E-state index contributed by atoms with van der Waals surface area (Å²) >= 11 is 13.5. The van der Waals surface area contributed by atoms with Gasteiger partial charge in [0.05, 0.1) is 16.6 Å². The van der Waals surface area contributed by atoms with Crippen molar-refractivity contribution in [1.82, 2.24) is 16.0 Å². The van der Waals surface area contributed by atoms with E-state index in [0.717, 1.165) is 24.8 Å². The van der Waals surface area contributed by atoms with Crippen LogP contribution in [0.2, 0.25) is 10.0 Å². The van der Waals surface area contributed by atoms with Crippen molar-refractivity contribution >= 4 is 70.8 Å². The first-order valence-electron chi connectivity index (χ1n) is 7.32. The van der Waals surface area contributed by atoms with Crippen LogP contribution in [-0.4, -0.2) is 50.1 Å². The standard InChI is InChI=1S/C15H22Cl2N4OS.HI/c1-3-18-15(21-8-9-23-2)20-7-6-19-14(22)11-4-5-12(16)13(17)10-11;/h4-5,10H,3,6-9H2,1-2H3,(H,19,22)(H2,18,20,21);1H. The van der Waals surface area contributed by atoms with E-state index in [-0.39, 0.29) is 29.9 Å². The molecular formula is C15H23Cl2IN4OS. The molecule has 0 aromatic heterocycles. The molecule has 5 nitrogen and oxygen atoms in total. The number of halogens is 3. The van der Waals surface area contributed by atoms with Crippen molar-refractivity contribution in [3.63, 3.8) is 0 Å². The highest BCUT2D eigenvalue weighted by molar-refractivity contribution is 14.0. The Bertz CT molecular complexity index is 546. The SMILES string of the molecule is CCNC(=NCCSC)NCCNC(=O)c1ccc(Cl)c(Cl)c1.I. The predicted octanol–water partition coefficient (Wildman–Crippen LogP) is 3.26. The lowest BCUT2D eigenvalue weighted by Crippen LogP contribution is -2.41. The van der Waals surface area contributed by atoms with Crippen molar-refractivity contribution in [3.05, 3.63) is 33.8 Å². The van der Waals surface area contributed by atoms with E-state index in [1.807, 2.05) is 6.92 Å². The summed E-state index contributed by atoms with van der Waals surface area (Å²) < 4.78 is 0. The van der Waals surface area contributed by atoms with E-state index in [0.29, 0.717) is 28.7 Å². The molecule has 0 saturated heterocycles. The predicted molar refractivity (Wildman–Crippen MR) is 117 cm³/mol. The molecule has 1 aromatic carbocycles. The average molecular weight is 505 g/mol. The summed E-state index contributed by atoms with van der Waals surface area (Å²) in [6.07, 6.45) is 2.05. The van der Waals surface area contributed by atoms with Gasteiger partial charge >= 0.3 is 0 Å². The zero-order valence-corrected chi connectivity index (χ0v) is 18.4. The fourth-order valence-electron chi connectivity index (χ4n) is 1.69. The molecule has 0 heterocycles. The first-order chi connectivity index (χ1) is 11.1. The van der Waals surface area contributed by atoms with Crippen LogP contribution in [0.4, 0.5) is 0 Å². The molecule has 136 valence electrons. The largest absolute Gasteiger partial charge is 0.357 e. The van der Waals surface area contributed by atoms with E-state index in [9.17, 15) is 4.79 Å². The topological polar surface area (TPSA) is 65.5 Å². The number of amides is 1. The lowest BCUT2D eigenvalue weighted by atomic mass is 10.2. The second-order valence-corrected chi connectivity index (χ2v) is 6.37. The maximum Gasteiger partial charge on any atom is 0.251 e. The number of nitrogens with zero attached hydrogens (tertiary/aromatic N) is 1. The molecule has 0 aliphatic rings. The Kier molecular flexibility index (Phi) is 13.6. The van der Waals surface area contributed by atoms with Crippen molar-refractivity contribution in [2.45, 2.75) is 6.92 Å². The van der Waals surface area contributed by atoms with Crippen molar-refractivity contribution in [3.8, 4) is 0 Å². The van der Waals surface area contributed by atoms with Crippen LogP contribution in [0.3, 0.4) is 0 Å². The van der Waals surface area contributed by atoms with Crippen LogP contribution in [0.25, 0.3) is 0 Å². The Balaban J connectivity index is 0.00000529. The number of hydrogen-bond acceptors (Lipinski definition) is 3. The molecule has 0 bridgehead atoms. The zero-order chi connectivity index (χ0) is 17.1. The molecule has 0 saturated carbocycles. The average Bonchev–Trinajstić information content (AvgIpc) is 2.54. The number of carbonyl (C=O) groups is 1. The molecule has 0 atom stereocenters. The van der Waals surface area contributed by atoms with Gasteiger partial charge in [0.15, 0.2) is 5.96 Å². The molecule has 0 spiro atoms. The van der Waals surface area contributed by atoms with Gasteiger partial charge in [0, 0.05) is 31.0 Å². The van der Waals surface area contributed by atoms with Crippen LogP contribution in [-0.2, 0) is 0 Å². The van der Waals surface area contributed by atoms with Gasteiger partial charge in [-0.15, -0.1) is 24.0 Å². The second-order valence-electron chi connectivity index (χ2n) is 4.57. The fraction of sp³-hybridized carbons (Fsp3) is 0.467. The van der Waals surface area contributed by atoms with Crippen molar-refractivity contribution in [1.29, 1.82) is 0 Å². The van der Waals surface area contributed by atoms with E-state index in [1.54, 1.807) is 30.0 Å². The molecule has 0 aliphatic carbocycles. The zero-order valence-electron chi connectivity index (χ0n) is 13.7. The summed E-state index contributed by atoms with van der Waals surface area (Å²) in [5, 5.41) is 9.96. The van der Waals surface area contributed by atoms with Crippen molar-refractivity contribution < 1.29 is 4.79 Å². The number of guanidine groups is 1. The van der Waals surface area contributed by atoms with Gasteiger partial charge in [0.25, 0.3) is 5.91 Å². The van der Waals surface area contributed by atoms with E-state index < -0.39 is 0 Å². The van der Waals surface area contributed by atoms with Gasteiger partial charge < -0.3 is 16.0 Å². The Hall–Kier alpha value is -0.380. The third kappa shape index (κ3) is 9.19. The maximum absolute atomic E-state index is 12.0. The minimum Gasteiger partial charge on any atom is -0.357 e. The number of rotatable bonds is 8. The number of nitrogens with one attached hydrogen (secondary N) is 3. The number of aliphatic imine (C=N–C) groups is 1.